The molecule has 2 rings (SSSR count). The number of carbonyl (C=O) groups is 1. The fourth-order valence-corrected chi connectivity index (χ4v) is 3.42. The van der Waals surface area contributed by atoms with E-state index >= 15 is 0 Å². The van der Waals surface area contributed by atoms with Crippen LogP contribution in [-0.4, -0.2) is 23.5 Å². The molecule has 0 saturated heterocycles. The van der Waals surface area contributed by atoms with Gasteiger partial charge in [-0.05, 0) is 37.1 Å². The summed E-state index contributed by atoms with van der Waals surface area (Å²) in [6.45, 7) is 5.77. The van der Waals surface area contributed by atoms with Gasteiger partial charge in [-0.1, -0.05) is 25.8 Å². The van der Waals surface area contributed by atoms with Crippen molar-refractivity contribution in [2.75, 3.05) is 6.54 Å². The van der Waals surface area contributed by atoms with Crippen LogP contribution in [0.25, 0.3) is 0 Å². The molecule has 19 heavy (non-hydrogen) atoms. The maximum Gasteiger partial charge on any atom is 0.317 e. The zero-order valence-electron chi connectivity index (χ0n) is 11.9. The van der Waals surface area contributed by atoms with E-state index < -0.39 is 0 Å². The molecule has 0 radical (unpaired) electrons. The molecule has 1 aliphatic rings. The van der Waals surface area contributed by atoms with E-state index in [-0.39, 0.29) is 6.03 Å². The second kappa shape index (κ2) is 6.94. The lowest BCUT2D eigenvalue weighted by molar-refractivity contribution is 0.182. The highest BCUT2D eigenvalue weighted by Gasteiger charge is 2.24. The molecule has 0 aliphatic heterocycles. The largest absolute Gasteiger partial charge is 0.335 e. The molecule has 1 fully saturated rings. The van der Waals surface area contributed by atoms with E-state index in [9.17, 15) is 4.79 Å². The van der Waals surface area contributed by atoms with Crippen LogP contribution in [0.4, 0.5) is 4.79 Å². The van der Waals surface area contributed by atoms with Crippen molar-refractivity contribution < 1.29 is 4.79 Å². The minimum Gasteiger partial charge on any atom is -0.335 e. The Morgan fingerprint density at radius 1 is 1.47 bits per heavy atom. The van der Waals surface area contributed by atoms with Gasteiger partial charge in [-0.25, -0.2) is 4.79 Å². The van der Waals surface area contributed by atoms with Gasteiger partial charge in [0, 0.05) is 17.5 Å². The van der Waals surface area contributed by atoms with E-state index in [0.717, 1.165) is 19.5 Å². The van der Waals surface area contributed by atoms with Crippen LogP contribution >= 0.6 is 11.3 Å². The van der Waals surface area contributed by atoms with Gasteiger partial charge in [-0.3, -0.25) is 0 Å². The lowest BCUT2D eigenvalue weighted by Gasteiger charge is -2.32. The molecular weight excluding hydrogens is 256 g/mol. The third-order valence-corrected chi connectivity index (χ3v) is 4.88. The quantitative estimate of drug-likeness (QED) is 0.892. The van der Waals surface area contributed by atoms with Crippen molar-refractivity contribution in [3.63, 3.8) is 0 Å². The normalized spacial score (nSPS) is 23.1. The predicted molar refractivity (Wildman–Crippen MR) is 80.4 cm³/mol. The van der Waals surface area contributed by atoms with Crippen LogP contribution in [0.3, 0.4) is 0 Å². The number of urea groups is 1. The Balaban J connectivity index is 1.89. The molecule has 1 aromatic heterocycles. The number of rotatable bonds is 4. The summed E-state index contributed by atoms with van der Waals surface area (Å²) in [5, 5.41) is 5.28. The number of nitrogens with zero attached hydrogens (tertiary/aromatic N) is 1. The van der Waals surface area contributed by atoms with Crippen molar-refractivity contribution in [2.45, 2.75) is 52.1 Å². The first kappa shape index (κ1) is 14.4. The van der Waals surface area contributed by atoms with E-state index in [1.165, 1.54) is 24.1 Å². The van der Waals surface area contributed by atoms with E-state index in [1.54, 1.807) is 11.3 Å². The van der Waals surface area contributed by atoms with E-state index in [0.29, 0.717) is 12.0 Å². The van der Waals surface area contributed by atoms with Gasteiger partial charge in [0.2, 0.25) is 0 Å². The van der Waals surface area contributed by atoms with Gasteiger partial charge < -0.3 is 10.2 Å². The average molecular weight is 280 g/mol. The molecular formula is C15H24N2OS. The molecule has 2 amide bonds. The molecule has 2 atom stereocenters. The fraction of sp³-hybridized carbons (Fsp3) is 0.667. The smallest absolute Gasteiger partial charge is 0.317 e. The summed E-state index contributed by atoms with van der Waals surface area (Å²) >= 11 is 1.71. The maximum absolute atomic E-state index is 12.3. The Kier molecular flexibility index (Phi) is 5.25. The van der Waals surface area contributed by atoms with Crippen molar-refractivity contribution in [1.29, 1.82) is 0 Å². The summed E-state index contributed by atoms with van der Waals surface area (Å²) in [5.74, 6) is 0.609. The molecule has 0 bridgehead atoms. The topological polar surface area (TPSA) is 32.3 Å². The first-order chi connectivity index (χ1) is 9.20. The molecule has 0 aromatic carbocycles. The monoisotopic (exact) mass is 280 g/mol. The van der Waals surface area contributed by atoms with Crippen molar-refractivity contribution in [3.8, 4) is 0 Å². The van der Waals surface area contributed by atoms with Crippen LogP contribution in [0, 0.1) is 5.92 Å². The molecule has 1 N–H and O–H groups in total. The molecule has 3 nitrogen and oxygen atoms in total. The van der Waals surface area contributed by atoms with E-state index in [1.807, 2.05) is 17.9 Å². The highest BCUT2D eigenvalue weighted by Crippen LogP contribution is 2.24. The van der Waals surface area contributed by atoms with Gasteiger partial charge in [0.15, 0.2) is 0 Å². The highest BCUT2D eigenvalue weighted by atomic mass is 32.1. The van der Waals surface area contributed by atoms with Crippen molar-refractivity contribution in [3.05, 3.63) is 22.4 Å². The Morgan fingerprint density at radius 2 is 2.26 bits per heavy atom. The van der Waals surface area contributed by atoms with Gasteiger partial charge >= 0.3 is 6.03 Å². The molecule has 106 valence electrons. The first-order valence-corrected chi connectivity index (χ1v) is 8.16. The molecule has 2 unspecified atom stereocenters. The van der Waals surface area contributed by atoms with Gasteiger partial charge in [-0.2, -0.15) is 0 Å². The number of nitrogens with one attached hydrogen (secondary N) is 1. The number of hydrogen-bond donors (Lipinski definition) is 1. The van der Waals surface area contributed by atoms with Crippen LogP contribution in [0.2, 0.25) is 0 Å². The van der Waals surface area contributed by atoms with Crippen molar-refractivity contribution in [2.24, 2.45) is 5.92 Å². The SMILES string of the molecule is CCN(Cc1cccs1)C(=O)NC1CCCCC1C. The van der Waals surface area contributed by atoms with Gasteiger partial charge in [0.05, 0.1) is 6.54 Å². The second-order valence-corrected chi connectivity index (χ2v) is 6.44. The molecule has 1 aromatic rings. The molecule has 1 heterocycles. The highest BCUT2D eigenvalue weighted by molar-refractivity contribution is 7.09. The summed E-state index contributed by atoms with van der Waals surface area (Å²) in [7, 11) is 0. The Morgan fingerprint density at radius 3 is 2.89 bits per heavy atom. The summed E-state index contributed by atoms with van der Waals surface area (Å²) in [6, 6.07) is 4.58. The fourth-order valence-electron chi connectivity index (χ4n) is 2.70. The molecule has 1 aliphatic carbocycles. The molecule has 4 heteroatoms. The standard InChI is InChI=1S/C15H24N2OS/c1-3-17(11-13-8-6-10-19-13)15(18)16-14-9-5-4-7-12(14)2/h6,8,10,12,14H,3-5,7,9,11H2,1-2H3,(H,16,18). The lowest BCUT2D eigenvalue weighted by Crippen LogP contribution is -2.47. The van der Waals surface area contributed by atoms with E-state index in [4.69, 9.17) is 0 Å². The summed E-state index contributed by atoms with van der Waals surface area (Å²) in [5.41, 5.74) is 0. The number of thiophene rings is 1. The number of amides is 2. The molecule has 1 saturated carbocycles. The van der Waals surface area contributed by atoms with Gasteiger partial charge in [0.1, 0.15) is 0 Å². The van der Waals surface area contributed by atoms with Crippen LogP contribution < -0.4 is 5.32 Å². The Hall–Kier alpha value is -1.03. The van der Waals surface area contributed by atoms with Crippen molar-refractivity contribution in [1.82, 2.24) is 10.2 Å². The van der Waals surface area contributed by atoms with Crippen LogP contribution in [0.5, 0.6) is 0 Å². The van der Waals surface area contributed by atoms with Gasteiger partial charge in [-0.15, -0.1) is 11.3 Å². The number of carbonyl (C=O) groups excluding carboxylic acids is 1. The number of hydrogen-bond acceptors (Lipinski definition) is 2. The van der Waals surface area contributed by atoms with Crippen LogP contribution in [0.15, 0.2) is 17.5 Å². The Bertz CT molecular complexity index is 391. The summed E-state index contributed by atoms with van der Waals surface area (Å²) < 4.78 is 0. The van der Waals surface area contributed by atoms with Crippen molar-refractivity contribution >= 4 is 17.4 Å². The minimum absolute atomic E-state index is 0.0923. The lowest BCUT2D eigenvalue weighted by atomic mass is 9.86. The molecule has 0 spiro atoms. The minimum atomic E-state index is 0.0923. The average Bonchev–Trinajstić information content (AvgIpc) is 2.91. The van der Waals surface area contributed by atoms with Crippen LogP contribution in [0.1, 0.15) is 44.4 Å². The summed E-state index contributed by atoms with van der Waals surface area (Å²) in [6.07, 6.45) is 4.91. The van der Waals surface area contributed by atoms with Crippen LogP contribution in [-0.2, 0) is 6.54 Å². The third-order valence-electron chi connectivity index (χ3n) is 4.02. The van der Waals surface area contributed by atoms with Gasteiger partial charge in [0.25, 0.3) is 0 Å². The second-order valence-electron chi connectivity index (χ2n) is 5.41. The van der Waals surface area contributed by atoms with E-state index in [2.05, 4.69) is 23.7 Å². The summed E-state index contributed by atoms with van der Waals surface area (Å²) in [4.78, 5) is 15.5. The third kappa shape index (κ3) is 3.96. The Labute approximate surface area is 120 Å². The first-order valence-electron chi connectivity index (χ1n) is 7.28. The zero-order chi connectivity index (χ0) is 13.7. The maximum atomic E-state index is 12.3. The zero-order valence-corrected chi connectivity index (χ0v) is 12.7. The predicted octanol–water partition coefficient (Wildman–Crippen LogP) is 3.86.